The zero-order valence-electron chi connectivity index (χ0n) is 17.7. The molecular formula is C22H27FN2O6S. The van der Waals surface area contributed by atoms with E-state index in [2.05, 4.69) is 10.0 Å². The smallest absolute Gasteiger partial charge is 0.240 e. The molecule has 1 aliphatic heterocycles. The van der Waals surface area contributed by atoms with Gasteiger partial charge in [-0.2, -0.15) is 0 Å². The van der Waals surface area contributed by atoms with Crippen molar-refractivity contribution in [1.29, 1.82) is 0 Å². The SMILES string of the molecule is COc1ccc(S(=O)(=O)N[C@@H]2CC[C@@H](CC(=O)NCc3ccccc3F)O[C@@H]2CO)cc1. The van der Waals surface area contributed by atoms with Crippen LogP contribution in [0.2, 0.25) is 0 Å². The van der Waals surface area contributed by atoms with Gasteiger partial charge in [0.15, 0.2) is 0 Å². The van der Waals surface area contributed by atoms with Crippen molar-refractivity contribution in [3.8, 4) is 5.75 Å². The summed E-state index contributed by atoms with van der Waals surface area (Å²) in [7, 11) is -2.33. The summed E-state index contributed by atoms with van der Waals surface area (Å²) in [6, 6.07) is 11.5. The van der Waals surface area contributed by atoms with Crippen LogP contribution in [0.1, 0.15) is 24.8 Å². The average Bonchev–Trinajstić information content (AvgIpc) is 2.79. The first-order valence-electron chi connectivity index (χ1n) is 10.2. The van der Waals surface area contributed by atoms with Crippen LogP contribution >= 0.6 is 0 Å². The highest BCUT2D eigenvalue weighted by atomic mass is 32.2. The molecule has 1 aliphatic rings. The van der Waals surface area contributed by atoms with E-state index in [0.29, 0.717) is 24.2 Å². The Labute approximate surface area is 186 Å². The van der Waals surface area contributed by atoms with Crippen LogP contribution in [0.3, 0.4) is 0 Å². The van der Waals surface area contributed by atoms with Gasteiger partial charge < -0.3 is 19.9 Å². The zero-order valence-corrected chi connectivity index (χ0v) is 18.5. The highest BCUT2D eigenvalue weighted by Crippen LogP contribution is 2.24. The largest absolute Gasteiger partial charge is 0.497 e. The van der Waals surface area contributed by atoms with Crippen molar-refractivity contribution in [3.05, 3.63) is 59.9 Å². The fraction of sp³-hybridized carbons (Fsp3) is 0.409. The lowest BCUT2D eigenvalue weighted by molar-refractivity contribution is -0.130. The van der Waals surface area contributed by atoms with E-state index in [9.17, 15) is 22.7 Å². The summed E-state index contributed by atoms with van der Waals surface area (Å²) < 4.78 is 52.4. The number of halogens is 1. The molecule has 0 aliphatic carbocycles. The van der Waals surface area contributed by atoms with Crippen molar-refractivity contribution in [1.82, 2.24) is 10.0 Å². The monoisotopic (exact) mass is 466 g/mol. The molecule has 32 heavy (non-hydrogen) atoms. The molecule has 1 heterocycles. The van der Waals surface area contributed by atoms with Crippen LogP contribution in [0.25, 0.3) is 0 Å². The molecule has 3 N–H and O–H groups in total. The number of benzene rings is 2. The Kier molecular flexibility index (Phi) is 8.19. The number of sulfonamides is 1. The Morgan fingerprint density at radius 3 is 2.56 bits per heavy atom. The molecule has 1 amide bonds. The summed E-state index contributed by atoms with van der Waals surface area (Å²) in [6.07, 6.45) is -0.413. The standard InChI is InChI=1S/C22H27FN2O6S/c1-30-16-6-9-18(10-7-16)32(28,29)25-20-11-8-17(31-21(20)14-26)12-22(27)24-13-15-4-2-3-5-19(15)23/h2-7,9-10,17,20-21,25-26H,8,11-14H2,1H3,(H,24,27)/t17-,20+,21+/m0/s1. The lowest BCUT2D eigenvalue weighted by atomic mass is 9.98. The Morgan fingerprint density at radius 2 is 1.91 bits per heavy atom. The van der Waals surface area contributed by atoms with Gasteiger partial charge in [-0.05, 0) is 43.2 Å². The Hall–Kier alpha value is -2.53. The average molecular weight is 467 g/mol. The van der Waals surface area contributed by atoms with Crippen molar-refractivity contribution in [2.45, 2.75) is 49.0 Å². The van der Waals surface area contributed by atoms with Crippen LogP contribution < -0.4 is 14.8 Å². The molecule has 10 heteroatoms. The Bertz CT molecular complexity index is 1020. The molecule has 0 bridgehead atoms. The van der Waals surface area contributed by atoms with Crippen molar-refractivity contribution >= 4 is 15.9 Å². The summed E-state index contributed by atoms with van der Waals surface area (Å²) in [4.78, 5) is 12.3. The van der Waals surface area contributed by atoms with Gasteiger partial charge in [-0.1, -0.05) is 18.2 Å². The van der Waals surface area contributed by atoms with Gasteiger partial charge in [0.25, 0.3) is 0 Å². The molecule has 0 spiro atoms. The maximum Gasteiger partial charge on any atom is 0.240 e. The number of aliphatic hydroxyl groups is 1. The fourth-order valence-electron chi connectivity index (χ4n) is 3.55. The van der Waals surface area contributed by atoms with Crippen molar-refractivity contribution in [2.24, 2.45) is 0 Å². The lowest BCUT2D eigenvalue weighted by Gasteiger charge is -2.35. The van der Waals surface area contributed by atoms with Crippen LogP contribution in [0.4, 0.5) is 4.39 Å². The first-order valence-corrected chi connectivity index (χ1v) is 11.7. The van der Waals surface area contributed by atoms with E-state index < -0.39 is 40.7 Å². The van der Waals surface area contributed by atoms with Crippen LogP contribution in [0.5, 0.6) is 5.75 Å². The van der Waals surface area contributed by atoms with Crippen LogP contribution in [-0.4, -0.2) is 51.4 Å². The molecule has 1 fully saturated rings. The molecule has 1 saturated heterocycles. The Balaban J connectivity index is 1.53. The molecule has 0 aromatic heterocycles. The number of hydrogen-bond donors (Lipinski definition) is 3. The third-order valence-corrected chi connectivity index (χ3v) is 6.82. The quantitative estimate of drug-likeness (QED) is 0.519. The second-order valence-electron chi connectivity index (χ2n) is 7.53. The van der Waals surface area contributed by atoms with Gasteiger partial charge in [-0.3, -0.25) is 4.79 Å². The van der Waals surface area contributed by atoms with Crippen molar-refractivity contribution < 1.29 is 32.2 Å². The molecule has 2 aromatic rings. The van der Waals surface area contributed by atoms with E-state index in [1.54, 1.807) is 30.3 Å². The number of aliphatic hydroxyl groups excluding tert-OH is 1. The lowest BCUT2D eigenvalue weighted by Crippen LogP contribution is -2.51. The minimum absolute atomic E-state index is 0.0307. The first-order chi connectivity index (χ1) is 15.3. The van der Waals surface area contributed by atoms with E-state index in [-0.39, 0.29) is 23.8 Å². The molecule has 174 valence electrons. The highest BCUT2D eigenvalue weighted by molar-refractivity contribution is 7.89. The normalized spacial score (nSPS) is 21.2. The summed E-state index contributed by atoms with van der Waals surface area (Å²) in [5.74, 6) is -0.171. The third kappa shape index (κ3) is 6.26. The minimum atomic E-state index is -3.82. The van der Waals surface area contributed by atoms with Gasteiger partial charge in [0.1, 0.15) is 11.6 Å². The molecule has 3 rings (SSSR count). The van der Waals surface area contributed by atoms with E-state index in [1.165, 1.54) is 25.3 Å². The molecule has 0 radical (unpaired) electrons. The zero-order chi connectivity index (χ0) is 23.1. The number of nitrogens with one attached hydrogen (secondary N) is 2. The number of ether oxygens (including phenoxy) is 2. The summed E-state index contributed by atoms with van der Waals surface area (Å²) in [6.45, 7) is -0.338. The predicted octanol–water partition coefficient (Wildman–Crippen LogP) is 1.73. The van der Waals surface area contributed by atoms with E-state index in [0.717, 1.165) is 0 Å². The molecule has 3 atom stereocenters. The molecular weight excluding hydrogens is 439 g/mol. The van der Waals surface area contributed by atoms with Gasteiger partial charge >= 0.3 is 0 Å². The minimum Gasteiger partial charge on any atom is -0.497 e. The summed E-state index contributed by atoms with van der Waals surface area (Å²) in [5.41, 5.74) is 0.381. The van der Waals surface area contributed by atoms with Crippen LogP contribution in [-0.2, 0) is 26.1 Å². The predicted molar refractivity (Wildman–Crippen MR) is 115 cm³/mol. The van der Waals surface area contributed by atoms with E-state index in [1.807, 2.05) is 0 Å². The second kappa shape index (κ2) is 10.9. The topological polar surface area (TPSA) is 114 Å². The maximum atomic E-state index is 13.7. The van der Waals surface area contributed by atoms with Gasteiger partial charge in [0.2, 0.25) is 15.9 Å². The van der Waals surface area contributed by atoms with Gasteiger partial charge in [0, 0.05) is 12.1 Å². The Morgan fingerprint density at radius 1 is 1.19 bits per heavy atom. The maximum absolute atomic E-state index is 13.7. The van der Waals surface area contributed by atoms with Crippen molar-refractivity contribution in [3.63, 3.8) is 0 Å². The third-order valence-electron chi connectivity index (χ3n) is 5.32. The number of methoxy groups -OCH3 is 1. The summed E-state index contributed by atoms with van der Waals surface area (Å²) >= 11 is 0. The molecule has 8 nitrogen and oxygen atoms in total. The number of carbonyl (C=O) groups is 1. The van der Waals surface area contributed by atoms with Gasteiger partial charge in [-0.15, -0.1) is 0 Å². The van der Waals surface area contributed by atoms with Crippen molar-refractivity contribution in [2.75, 3.05) is 13.7 Å². The molecule has 0 saturated carbocycles. The molecule has 0 unspecified atom stereocenters. The van der Waals surface area contributed by atoms with E-state index >= 15 is 0 Å². The number of rotatable bonds is 9. The first kappa shape index (κ1) is 24.1. The highest BCUT2D eigenvalue weighted by Gasteiger charge is 2.34. The van der Waals surface area contributed by atoms with Gasteiger partial charge in [-0.25, -0.2) is 17.5 Å². The van der Waals surface area contributed by atoms with Crippen LogP contribution in [0, 0.1) is 5.82 Å². The number of amides is 1. The fourth-order valence-corrected chi connectivity index (χ4v) is 4.85. The van der Waals surface area contributed by atoms with Crippen LogP contribution in [0.15, 0.2) is 53.4 Å². The number of carbonyl (C=O) groups excluding carboxylic acids is 1. The number of hydrogen-bond acceptors (Lipinski definition) is 6. The summed E-state index contributed by atoms with van der Waals surface area (Å²) in [5, 5.41) is 12.4. The molecule has 2 aromatic carbocycles. The van der Waals surface area contributed by atoms with E-state index in [4.69, 9.17) is 9.47 Å². The van der Waals surface area contributed by atoms with Gasteiger partial charge in [0.05, 0.1) is 43.3 Å². The second-order valence-corrected chi connectivity index (χ2v) is 9.25.